The highest BCUT2D eigenvalue weighted by atomic mass is 31.2. The fraction of sp³-hybridized carbons (Fsp3) is 0.533. The van der Waals surface area contributed by atoms with Gasteiger partial charge in [-0.3, -0.25) is 47.2 Å². The van der Waals surface area contributed by atoms with Crippen LogP contribution in [0.3, 0.4) is 0 Å². The molecule has 0 saturated carbocycles. The van der Waals surface area contributed by atoms with Crippen LogP contribution in [0, 0.1) is 10.8 Å². The Labute approximate surface area is 381 Å². The summed E-state index contributed by atoms with van der Waals surface area (Å²) in [5.41, 5.74) is -1.10. The first-order chi connectivity index (χ1) is 30.9. The number of H-pyrrole nitrogens is 1. The van der Waals surface area contributed by atoms with Gasteiger partial charge in [0.15, 0.2) is 0 Å². The topological polar surface area (TPSA) is 255 Å². The highest BCUT2D eigenvalue weighted by molar-refractivity contribution is 7.54. The van der Waals surface area contributed by atoms with Crippen LogP contribution < -0.4 is 21.7 Å². The molecule has 21 heteroatoms. The van der Waals surface area contributed by atoms with Crippen molar-refractivity contribution in [3.05, 3.63) is 71.4 Å². The number of aromatic nitrogens is 1. The molecule has 2 fully saturated rings. The molecule has 5 amide bonds. The van der Waals surface area contributed by atoms with Gasteiger partial charge in [0.2, 0.25) is 37.2 Å². The van der Waals surface area contributed by atoms with Crippen LogP contribution >= 0.6 is 7.60 Å². The van der Waals surface area contributed by atoms with E-state index in [1.54, 1.807) is 0 Å². The van der Waals surface area contributed by atoms with Crippen molar-refractivity contribution in [1.29, 1.82) is 0 Å². The van der Waals surface area contributed by atoms with Gasteiger partial charge < -0.3 is 41.0 Å². The van der Waals surface area contributed by atoms with Gasteiger partial charge in [-0.1, -0.05) is 49.2 Å². The number of amides is 5. The van der Waals surface area contributed by atoms with Crippen LogP contribution in [0.5, 0.6) is 0 Å². The van der Waals surface area contributed by atoms with Crippen molar-refractivity contribution in [2.24, 2.45) is 16.6 Å². The van der Waals surface area contributed by atoms with E-state index in [1.807, 2.05) is 30.3 Å². The molecule has 0 aliphatic carbocycles. The number of carbonyl (C=O) groups is 7. The maximum absolute atomic E-state index is 16.3. The smallest absolute Gasteiger partial charge is 0.410 e. The maximum atomic E-state index is 16.3. The van der Waals surface area contributed by atoms with Crippen LogP contribution in [0.15, 0.2) is 54.6 Å². The third-order valence-electron chi connectivity index (χ3n) is 11.2. The van der Waals surface area contributed by atoms with Gasteiger partial charge in [-0.15, -0.1) is 0 Å². The Balaban J connectivity index is 1.31. The van der Waals surface area contributed by atoms with Gasteiger partial charge in [-0.05, 0) is 97.4 Å². The molecule has 6 N–H and O–H groups in total. The van der Waals surface area contributed by atoms with E-state index in [0.29, 0.717) is 32.1 Å². The summed E-state index contributed by atoms with van der Waals surface area (Å²) >= 11 is 0. The third kappa shape index (κ3) is 12.8. The highest BCUT2D eigenvalue weighted by Gasteiger charge is 2.56. The molecule has 5 rings (SSSR count). The van der Waals surface area contributed by atoms with Gasteiger partial charge in [-0.25, -0.2) is 0 Å². The fourth-order valence-electron chi connectivity index (χ4n) is 7.42. The zero-order valence-corrected chi connectivity index (χ0v) is 38.8. The Morgan fingerprint density at radius 2 is 1.48 bits per heavy atom. The van der Waals surface area contributed by atoms with E-state index in [9.17, 15) is 38.1 Å². The molecule has 0 radical (unpaired) electrons. The Kier molecular flexibility index (Phi) is 16.5. The van der Waals surface area contributed by atoms with Gasteiger partial charge >= 0.3 is 25.2 Å². The van der Waals surface area contributed by atoms with Gasteiger partial charge in [0, 0.05) is 35.5 Å². The van der Waals surface area contributed by atoms with Crippen LogP contribution in [-0.2, 0) is 64.1 Å². The fourth-order valence-corrected chi connectivity index (χ4v) is 8.66. The summed E-state index contributed by atoms with van der Waals surface area (Å²) in [7, 11) is -5.63. The van der Waals surface area contributed by atoms with Crippen molar-refractivity contribution < 1.29 is 65.4 Å². The molecular weight excluding hydrogens is 885 g/mol. The number of nitrogens with one attached hydrogen (secondary N) is 4. The molecule has 3 aromatic rings. The van der Waals surface area contributed by atoms with E-state index in [4.69, 9.17) is 24.3 Å². The molecule has 2 unspecified atom stereocenters. The number of hydrogen-bond donors (Lipinski definition) is 5. The second kappa shape index (κ2) is 21.3. The van der Waals surface area contributed by atoms with Crippen LogP contribution in [0.1, 0.15) is 115 Å². The first-order valence-electron chi connectivity index (χ1n) is 21.7. The largest absolute Gasteiger partial charge is 0.438 e. The van der Waals surface area contributed by atoms with E-state index in [1.165, 1.54) is 58.6 Å². The number of halogens is 2. The number of esters is 2. The summed E-state index contributed by atoms with van der Waals surface area (Å²) < 4.78 is 66.3. The molecule has 0 bridgehead atoms. The van der Waals surface area contributed by atoms with Gasteiger partial charge in [0.1, 0.15) is 23.8 Å². The van der Waals surface area contributed by atoms with Crippen molar-refractivity contribution in [1.82, 2.24) is 25.8 Å². The highest BCUT2D eigenvalue weighted by Crippen LogP contribution is 2.67. The number of alkyl halides is 2. The summed E-state index contributed by atoms with van der Waals surface area (Å²) in [5, 5.41) is 8.31. The zero-order chi connectivity index (χ0) is 48.6. The molecule has 3 heterocycles. The van der Waals surface area contributed by atoms with Crippen LogP contribution in [0.2, 0.25) is 0 Å². The molecule has 1 aromatic heterocycles. The summed E-state index contributed by atoms with van der Waals surface area (Å²) in [5.74, 6) is -4.74. The second-order valence-corrected chi connectivity index (χ2v) is 20.5. The normalized spacial score (nSPS) is 18.6. The lowest BCUT2D eigenvalue weighted by Crippen LogP contribution is -2.58. The molecule has 2 saturated heterocycles. The first kappa shape index (κ1) is 51.3. The van der Waals surface area contributed by atoms with Gasteiger partial charge in [0.25, 0.3) is 5.91 Å². The molecule has 2 aromatic carbocycles. The minimum absolute atomic E-state index is 0.0706. The Hall–Kier alpha value is -5.72. The quantitative estimate of drug-likeness (QED) is 0.0591. The molecular formula is C45H59F2N6O12P. The molecule has 4 atom stereocenters. The molecule has 2 aliphatic rings. The number of nitrogens with zero attached hydrogens (tertiary/aromatic N) is 1. The number of hydrogen-bond acceptors (Lipinski definition) is 12. The lowest BCUT2D eigenvalue weighted by atomic mass is 9.98. The molecule has 66 heavy (non-hydrogen) atoms. The monoisotopic (exact) mass is 944 g/mol. The van der Waals surface area contributed by atoms with Crippen LogP contribution in [-0.4, -0.2) is 89.1 Å². The number of aromatic amines is 1. The molecule has 0 spiro atoms. The zero-order valence-electron chi connectivity index (χ0n) is 37.9. The SMILES string of the molecule is CC(C)(C)C(=O)OCOP(=O)(OCOC(=O)C(C)(C)C)C(F)(F)c1ccc2[nH]c(C(=O)N[C@@H]3CCCCC4CC[C@@H](C(=O)NC(CCC(N)=O)C(=O)NCc5ccccc5)N4C3=O)cc2c1. The van der Waals surface area contributed by atoms with E-state index >= 15 is 8.78 Å². The number of fused-ring (bicyclic) bond motifs is 2. The number of carbonyl (C=O) groups excluding carboxylic acids is 7. The predicted octanol–water partition coefficient (Wildman–Crippen LogP) is 5.64. The number of ether oxygens (including phenoxy) is 2. The lowest BCUT2D eigenvalue weighted by molar-refractivity contribution is -0.163. The van der Waals surface area contributed by atoms with E-state index in [-0.39, 0.29) is 48.4 Å². The summed E-state index contributed by atoms with van der Waals surface area (Å²) in [6, 6.07) is 9.91. The molecule has 360 valence electrons. The van der Waals surface area contributed by atoms with Gasteiger partial charge in [0.05, 0.1) is 10.8 Å². The lowest BCUT2D eigenvalue weighted by Gasteiger charge is -2.35. The number of primary amides is 1. The van der Waals surface area contributed by atoms with Crippen molar-refractivity contribution >= 4 is 60.0 Å². The van der Waals surface area contributed by atoms with E-state index in [2.05, 4.69) is 20.9 Å². The first-order valence-corrected chi connectivity index (χ1v) is 23.2. The van der Waals surface area contributed by atoms with Crippen molar-refractivity contribution in [3.63, 3.8) is 0 Å². The van der Waals surface area contributed by atoms with Crippen LogP contribution in [0.25, 0.3) is 10.9 Å². The van der Waals surface area contributed by atoms with Crippen molar-refractivity contribution in [2.45, 2.75) is 129 Å². The number of benzene rings is 2. The number of nitrogens with two attached hydrogens (primary N) is 1. The predicted molar refractivity (Wildman–Crippen MR) is 235 cm³/mol. The van der Waals surface area contributed by atoms with Crippen molar-refractivity contribution in [3.8, 4) is 0 Å². The number of rotatable bonds is 18. The molecule has 18 nitrogen and oxygen atoms in total. The van der Waals surface area contributed by atoms with Crippen LogP contribution in [0.4, 0.5) is 8.78 Å². The minimum Gasteiger partial charge on any atom is -0.438 e. The third-order valence-corrected chi connectivity index (χ3v) is 13.0. The second-order valence-electron chi connectivity index (χ2n) is 18.5. The van der Waals surface area contributed by atoms with E-state index < -0.39 is 103 Å². The Bertz CT molecular complexity index is 2290. The summed E-state index contributed by atoms with van der Waals surface area (Å²) in [4.78, 5) is 95.9. The Morgan fingerprint density at radius 3 is 2.09 bits per heavy atom. The minimum atomic E-state index is -5.63. The van der Waals surface area contributed by atoms with E-state index in [0.717, 1.165) is 17.7 Å². The van der Waals surface area contributed by atoms with Crippen molar-refractivity contribution in [2.75, 3.05) is 13.6 Å². The standard InChI is InChI=1S/C45H59F2N6O12P/c1-43(2,3)41(59)62-25-64-66(61,65-26-63-42(60)44(4,5)6)45(46,47)29-16-18-31-28(22-29)23-34(50-31)38(56)52-33-15-11-10-14-30-17-20-35(53(30)40(33)58)39(57)51-32(19-21-36(48)54)37(55)49-24-27-12-8-7-9-13-27/h7-9,12-13,16,18,22-23,30,32-33,35,50H,10-11,14-15,17,19-21,24-26H2,1-6H3,(H2,48,54)(H,49,55)(H,51,57)(H,52,56)/t30?,32?,33-,35+/m1/s1. The summed E-state index contributed by atoms with van der Waals surface area (Å²) in [6.07, 6.45) is 2.65. The molecule has 2 aliphatic heterocycles. The maximum Gasteiger partial charge on any atom is 0.410 e. The summed E-state index contributed by atoms with van der Waals surface area (Å²) in [6.45, 7) is 6.86. The average Bonchev–Trinajstić information content (AvgIpc) is 3.88. The van der Waals surface area contributed by atoms with Gasteiger partial charge in [-0.2, -0.15) is 8.78 Å². The average molecular weight is 945 g/mol. The Morgan fingerprint density at radius 1 is 0.864 bits per heavy atom.